The SMILES string of the molecule is C1CCCC1.C1CCCC1.[CH3-].[CH3-].[Cl][W][Cl]. The molecule has 0 bridgehead atoms. The van der Waals surface area contributed by atoms with Crippen LogP contribution in [0.5, 0.6) is 0 Å². The molecular formula is C12H26Cl2W-2. The Labute approximate surface area is 114 Å². The van der Waals surface area contributed by atoms with Crippen LogP contribution in [0.25, 0.3) is 0 Å². The second-order valence-corrected chi connectivity index (χ2v) is 7.83. The summed E-state index contributed by atoms with van der Waals surface area (Å²) in [5.74, 6) is 0. The molecule has 2 saturated carbocycles. The van der Waals surface area contributed by atoms with Gasteiger partial charge in [-0.25, -0.2) is 0 Å². The van der Waals surface area contributed by atoms with Gasteiger partial charge in [-0.15, -0.1) is 0 Å². The van der Waals surface area contributed by atoms with Gasteiger partial charge in [0.1, 0.15) is 0 Å². The second-order valence-electron chi connectivity index (χ2n) is 3.59. The molecule has 0 aliphatic heterocycles. The molecule has 0 heterocycles. The van der Waals surface area contributed by atoms with Gasteiger partial charge >= 0.3 is 35.3 Å². The number of hydrogen-bond donors (Lipinski definition) is 0. The Balaban J connectivity index is -0.000000140. The number of hydrogen-bond acceptors (Lipinski definition) is 0. The van der Waals surface area contributed by atoms with E-state index in [0.29, 0.717) is 0 Å². The van der Waals surface area contributed by atoms with E-state index in [2.05, 4.69) is 0 Å². The maximum atomic E-state index is 4.93. The first-order valence-corrected chi connectivity index (χ1v) is 12.6. The summed E-state index contributed by atoms with van der Waals surface area (Å²) in [7, 11) is 9.86. The Hall–Kier alpha value is 1.27. The third-order valence-corrected chi connectivity index (χ3v) is 2.50. The fourth-order valence-electron chi connectivity index (χ4n) is 1.77. The Morgan fingerprint density at radius 1 is 0.467 bits per heavy atom. The molecule has 0 radical (unpaired) electrons. The minimum absolute atomic E-state index is 0. The first kappa shape index (κ1) is 21.5. The number of halogens is 2. The summed E-state index contributed by atoms with van der Waals surface area (Å²) in [6.45, 7) is 0. The molecule has 0 amide bonds. The Kier molecular flexibility index (Phi) is 29.7. The summed E-state index contributed by atoms with van der Waals surface area (Å²) >= 11 is -0.806. The van der Waals surface area contributed by atoms with Crippen LogP contribution in [0.2, 0.25) is 0 Å². The number of rotatable bonds is 0. The monoisotopic (exact) mass is 424 g/mol. The molecule has 0 N–H and O–H groups in total. The molecule has 15 heavy (non-hydrogen) atoms. The van der Waals surface area contributed by atoms with Gasteiger partial charge in [-0.3, -0.25) is 0 Å². The van der Waals surface area contributed by atoms with E-state index in [1.54, 1.807) is 0 Å². The van der Waals surface area contributed by atoms with Gasteiger partial charge in [0.25, 0.3) is 0 Å². The summed E-state index contributed by atoms with van der Waals surface area (Å²) in [5, 5.41) is 0. The van der Waals surface area contributed by atoms with Crippen LogP contribution in [0, 0.1) is 14.9 Å². The van der Waals surface area contributed by atoms with E-state index >= 15 is 0 Å². The molecule has 0 aromatic rings. The standard InChI is InChI=1S/2C5H10.2CH3.2ClH.W/c2*1-2-4-5-3-1;;;;;/h2*1-5H2;2*1H3;2*1H;/q;;2*-1;;;+2/p-2. The van der Waals surface area contributed by atoms with Gasteiger partial charge in [-0.05, 0) is 0 Å². The molecular weight excluding hydrogens is 399 g/mol. The average molecular weight is 425 g/mol. The fraction of sp³-hybridized carbons (Fsp3) is 0.833. The van der Waals surface area contributed by atoms with E-state index in [1.165, 1.54) is 64.2 Å². The molecule has 0 atom stereocenters. The van der Waals surface area contributed by atoms with Crippen LogP contribution < -0.4 is 0 Å². The van der Waals surface area contributed by atoms with Gasteiger partial charge in [0.05, 0.1) is 0 Å². The Bertz CT molecular complexity index is 56.5. The van der Waals surface area contributed by atoms with Crippen molar-refractivity contribution in [1.29, 1.82) is 0 Å². The molecule has 0 aromatic carbocycles. The predicted molar refractivity (Wildman–Crippen MR) is 70.7 cm³/mol. The summed E-state index contributed by atoms with van der Waals surface area (Å²) < 4.78 is 0. The van der Waals surface area contributed by atoms with Crippen LogP contribution in [-0.4, -0.2) is 0 Å². The fourth-order valence-corrected chi connectivity index (χ4v) is 1.77. The first-order valence-electron chi connectivity index (χ1n) is 5.31. The summed E-state index contributed by atoms with van der Waals surface area (Å²) in [4.78, 5) is 0. The third kappa shape index (κ3) is 21.2. The van der Waals surface area contributed by atoms with E-state index < -0.39 is 16.5 Å². The van der Waals surface area contributed by atoms with Crippen molar-refractivity contribution in [3.63, 3.8) is 0 Å². The van der Waals surface area contributed by atoms with Crippen molar-refractivity contribution in [2.45, 2.75) is 64.2 Å². The van der Waals surface area contributed by atoms with Crippen molar-refractivity contribution in [2.75, 3.05) is 0 Å². The first-order chi connectivity index (χ1) is 6.41. The van der Waals surface area contributed by atoms with Gasteiger partial charge < -0.3 is 14.9 Å². The molecule has 2 aliphatic carbocycles. The molecule has 2 fully saturated rings. The van der Waals surface area contributed by atoms with Crippen LogP contribution in [0.15, 0.2) is 0 Å². The van der Waals surface area contributed by atoms with Crippen LogP contribution in [0.3, 0.4) is 0 Å². The Morgan fingerprint density at radius 2 is 0.533 bits per heavy atom. The van der Waals surface area contributed by atoms with Gasteiger partial charge in [0.2, 0.25) is 0 Å². The maximum absolute atomic E-state index is 4.93. The van der Waals surface area contributed by atoms with Crippen LogP contribution in [0.1, 0.15) is 64.2 Å². The van der Waals surface area contributed by atoms with Crippen molar-refractivity contribution >= 4 is 18.8 Å². The summed E-state index contributed by atoms with van der Waals surface area (Å²) in [5.41, 5.74) is 0. The molecule has 0 nitrogen and oxygen atoms in total. The summed E-state index contributed by atoms with van der Waals surface area (Å²) in [6, 6.07) is 0. The third-order valence-electron chi connectivity index (χ3n) is 2.50. The average Bonchev–Trinajstić information content (AvgIpc) is 2.85. The molecule has 2 aliphatic rings. The molecule has 0 unspecified atom stereocenters. The van der Waals surface area contributed by atoms with Crippen LogP contribution >= 0.6 is 18.8 Å². The molecule has 2 rings (SSSR count). The molecule has 0 aromatic heterocycles. The zero-order chi connectivity index (χ0) is 9.78. The van der Waals surface area contributed by atoms with Crippen molar-refractivity contribution in [3.8, 4) is 0 Å². The van der Waals surface area contributed by atoms with E-state index in [-0.39, 0.29) is 14.9 Å². The van der Waals surface area contributed by atoms with E-state index in [9.17, 15) is 0 Å². The van der Waals surface area contributed by atoms with E-state index in [0.717, 1.165) is 0 Å². The molecule has 0 saturated heterocycles. The Morgan fingerprint density at radius 3 is 0.600 bits per heavy atom. The van der Waals surface area contributed by atoms with Gasteiger partial charge in [0, 0.05) is 0 Å². The second kappa shape index (κ2) is 20.7. The van der Waals surface area contributed by atoms with Crippen molar-refractivity contribution < 1.29 is 16.5 Å². The van der Waals surface area contributed by atoms with Crippen LogP contribution in [0.4, 0.5) is 0 Å². The van der Waals surface area contributed by atoms with Crippen molar-refractivity contribution in [2.24, 2.45) is 0 Å². The van der Waals surface area contributed by atoms with Crippen molar-refractivity contribution in [1.82, 2.24) is 0 Å². The quantitative estimate of drug-likeness (QED) is 0.407. The van der Waals surface area contributed by atoms with Crippen molar-refractivity contribution in [3.05, 3.63) is 14.9 Å². The molecule has 3 heteroatoms. The normalized spacial score (nSPS) is 17.2. The van der Waals surface area contributed by atoms with E-state index in [1.807, 2.05) is 0 Å². The topological polar surface area (TPSA) is 0 Å². The molecule has 96 valence electrons. The van der Waals surface area contributed by atoms with E-state index in [4.69, 9.17) is 18.8 Å². The van der Waals surface area contributed by atoms with Gasteiger partial charge in [-0.2, -0.15) is 0 Å². The van der Waals surface area contributed by atoms with Gasteiger partial charge in [-0.1, -0.05) is 64.2 Å². The summed E-state index contributed by atoms with van der Waals surface area (Å²) in [6.07, 6.45) is 15.0. The zero-order valence-electron chi connectivity index (χ0n) is 10.2. The van der Waals surface area contributed by atoms with Gasteiger partial charge in [0.15, 0.2) is 0 Å². The minimum atomic E-state index is -0.806. The zero-order valence-corrected chi connectivity index (χ0v) is 14.7. The predicted octanol–water partition coefficient (Wildman–Crippen LogP) is 6.18. The van der Waals surface area contributed by atoms with Crippen LogP contribution in [-0.2, 0) is 16.5 Å². The molecule has 0 spiro atoms.